The molecule has 0 saturated carbocycles. The molecule has 0 saturated heterocycles. The Kier molecular flexibility index (Phi) is 4.99. The first-order valence-electron chi connectivity index (χ1n) is 8.05. The molecule has 0 fully saturated rings. The van der Waals surface area contributed by atoms with E-state index in [1.54, 1.807) is 4.68 Å². The maximum atomic E-state index is 12.5. The van der Waals surface area contributed by atoms with Crippen LogP contribution in [0.25, 0.3) is 5.69 Å². The molecular weight excluding hydrogens is 332 g/mol. The molecular formula is C19H20N4OS. The number of carbonyl (C=O) groups excluding carboxylic acids is 1. The van der Waals surface area contributed by atoms with Crippen LogP contribution in [-0.4, -0.2) is 31.7 Å². The number of Topliss-reactive ketones (excluding diaryl/α,β-unsaturated/α-hetero) is 1. The summed E-state index contributed by atoms with van der Waals surface area (Å²) in [4.78, 5) is 12.5. The standard InChI is InChI=1S/C19H20N4OS/c1-12-5-7-16(14(3)9-12)18(24)11-25-19-20-21-22-23(19)17-8-6-13(2)10-15(17)4/h5-10H,11H2,1-4H3. The molecule has 0 bridgehead atoms. The number of aryl methyl sites for hydroxylation is 4. The summed E-state index contributed by atoms with van der Waals surface area (Å²) in [6, 6.07) is 12.0. The third kappa shape index (κ3) is 3.79. The Morgan fingerprint density at radius 2 is 1.68 bits per heavy atom. The van der Waals surface area contributed by atoms with Crippen molar-refractivity contribution >= 4 is 17.5 Å². The Balaban J connectivity index is 1.79. The SMILES string of the molecule is Cc1ccc(C(=O)CSc2nnnn2-c2ccc(C)cc2C)c(C)c1. The van der Waals surface area contributed by atoms with Crippen LogP contribution in [0.4, 0.5) is 0 Å². The third-order valence-corrected chi connectivity index (χ3v) is 4.96. The van der Waals surface area contributed by atoms with Gasteiger partial charge in [0, 0.05) is 5.56 Å². The first-order valence-corrected chi connectivity index (χ1v) is 9.03. The molecule has 0 spiro atoms. The van der Waals surface area contributed by atoms with Crippen LogP contribution < -0.4 is 0 Å². The highest BCUT2D eigenvalue weighted by atomic mass is 32.2. The van der Waals surface area contributed by atoms with Crippen LogP contribution in [0.15, 0.2) is 41.6 Å². The molecule has 0 atom stereocenters. The van der Waals surface area contributed by atoms with Crippen LogP contribution in [0.1, 0.15) is 32.6 Å². The number of tetrazole rings is 1. The average molecular weight is 352 g/mol. The lowest BCUT2D eigenvalue weighted by atomic mass is 10.0. The number of nitrogens with zero attached hydrogens (tertiary/aromatic N) is 4. The molecule has 2 aromatic carbocycles. The van der Waals surface area contributed by atoms with Crippen molar-refractivity contribution < 1.29 is 4.79 Å². The highest BCUT2D eigenvalue weighted by Crippen LogP contribution is 2.23. The summed E-state index contributed by atoms with van der Waals surface area (Å²) in [7, 11) is 0. The van der Waals surface area contributed by atoms with Crippen LogP contribution >= 0.6 is 11.8 Å². The second kappa shape index (κ2) is 7.19. The number of aromatic nitrogens is 4. The van der Waals surface area contributed by atoms with E-state index in [2.05, 4.69) is 28.5 Å². The number of rotatable bonds is 5. The van der Waals surface area contributed by atoms with E-state index in [9.17, 15) is 4.79 Å². The first kappa shape index (κ1) is 17.4. The molecule has 1 heterocycles. The summed E-state index contributed by atoms with van der Waals surface area (Å²) >= 11 is 1.35. The summed E-state index contributed by atoms with van der Waals surface area (Å²) in [6.45, 7) is 8.06. The van der Waals surface area contributed by atoms with Gasteiger partial charge in [-0.15, -0.1) is 5.10 Å². The molecule has 6 heteroatoms. The van der Waals surface area contributed by atoms with Crippen molar-refractivity contribution in [3.63, 3.8) is 0 Å². The molecule has 0 aliphatic heterocycles. The van der Waals surface area contributed by atoms with Gasteiger partial charge in [-0.3, -0.25) is 4.79 Å². The summed E-state index contributed by atoms with van der Waals surface area (Å²) in [5.74, 6) is 0.382. The molecule has 5 nitrogen and oxygen atoms in total. The smallest absolute Gasteiger partial charge is 0.214 e. The monoisotopic (exact) mass is 352 g/mol. The topological polar surface area (TPSA) is 60.7 Å². The lowest BCUT2D eigenvalue weighted by Crippen LogP contribution is -2.07. The second-order valence-electron chi connectivity index (χ2n) is 6.19. The lowest BCUT2D eigenvalue weighted by Gasteiger charge is -2.09. The fraction of sp³-hybridized carbons (Fsp3) is 0.263. The Morgan fingerprint density at radius 3 is 2.36 bits per heavy atom. The quantitative estimate of drug-likeness (QED) is 0.515. The zero-order valence-electron chi connectivity index (χ0n) is 14.8. The molecule has 0 amide bonds. The number of ketones is 1. The van der Waals surface area contributed by atoms with E-state index in [4.69, 9.17) is 0 Å². The van der Waals surface area contributed by atoms with Crippen molar-refractivity contribution in [3.05, 3.63) is 64.2 Å². The summed E-state index contributed by atoms with van der Waals surface area (Å²) < 4.78 is 1.69. The molecule has 3 aromatic rings. The predicted molar refractivity (Wildman–Crippen MR) is 99.6 cm³/mol. The van der Waals surface area contributed by atoms with Crippen molar-refractivity contribution in [2.24, 2.45) is 0 Å². The van der Waals surface area contributed by atoms with Crippen LogP contribution in [0.3, 0.4) is 0 Å². The van der Waals surface area contributed by atoms with Gasteiger partial charge in [-0.05, 0) is 55.3 Å². The number of benzene rings is 2. The summed E-state index contributed by atoms with van der Waals surface area (Å²) in [5.41, 5.74) is 6.11. The van der Waals surface area contributed by atoms with Gasteiger partial charge in [-0.1, -0.05) is 53.2 Å². The van der Waals surface area contributed by atoms with Gasteiger partial charge >= 0.3 is 0 Å². The van der Waals surface area contributed by atoms with E-state index < -0.39 is 0 Å². The van der Waals surface area contributed by atoms with Gasteiger partial charge in [0.15, 0.2) is 5.78 Å². The van der Waals surface area contributed by atoms with Gasteiger partial charge in [0.05, 0.1) is 11.4 Å². The summed E-state index contributed by atoms with van der Waals surface area (Å²) in [5, 5.41) is 12.5. The van der Waals surface area contributed by atoms with Crippen molar-refractivity contribution in [1.29, 1.82) is 0 Å². The van der Waals surface area contributed by atoms with E-state index in [0.29, 0.717) is 10.9 Å². The van der Waals surface area contributed by atoms with E-state index >= 15 is 0 Å². The highest BCUT2D eigenvalue weighted by Gasteiger charge is 2.15. The fourth-order valence-electron chi connectivity index (χ4n) is 2.80. The van der Waals surface area contributed by atoms with Crippen LogP contribution in [-0.2, 0) is 0 Å². The minimum atomic E-state index is 0.0812. The first-order chi connectivity index (χ1) is 12.0. The summed E-state index contributed by atoms with van der Waals surface area (Å²) in [6.07, 6.45) is 0. The molecule has 0 aliphatic carbocycles. The molecule has 0 radical (unpaired) electrons. The van der Waals surface area contributed by atoms with Gasteiger partial charge < -0.3 is 0 Å². The van der Waals surface area contributed by atoms with E-state index in [-0.39, 0.29) is 5.78 Å². The van der Waals surface area contributed by atoms with Crippen LogP contribution in [0.2, 0.25) is 0 Å². The van der Waals surface area contributed by atoms with Crippen molar-refractivity contribution in [3.8, 4) is 5.69 Å². The highest BCUT2D eigenvalue weighted by molar-refractivity contribution is 7.99. The molecule has 25 heavy (non-hydrogen) atoms. The number of hydrogen-bond donors (Lipinski definition) is 0. The fourth-order valence-corrected chi connectivity index (χ4v) is 3.56. The normalized spacial score (nSPS) is 10.9. The average Bonchev–Trinajstić information content (AvgIpc) is 3.01. The number of hydrogen-bond acceptors (Lipinski definition) is 5. The van der Waals surface area contributed by atoms with Crippen LogP contribution in [0.5, 0.6) is 0 Å². The van der Waals surface area contributed by atoms with Crippen molar-refractivity contribution in [2.75, 3.05) is 5.75 Å². The molecule has 128 valence electrons. The van der Waals surface area contributed by atoms with E-state index in [0.717, 1.165) is 27.9 Å². The van der Waals surface area contributed by atoms with E-state index in [1.807, 2.05) is 51.1 Å². The molecule has 3 rings (SSSR count). The maximum absolute atomic E-state index is 12.5. The molecule has 1 aromatic heterocycles. The van der Waals surface area contributed by atoms with E-state index in [1.165, 1.54) is 17.3 Å². The van der Waals surface area contributed by atoms with Gasteiger partial charge in [-0.2, -0.15) is 4.68 Å². The zero-order chi connectivity index (χ0) is 18.0. The van der Waals surface area contributed by atoms with Crippen LogP contribution in [0, 0.1) is 27.7 Å². The molecule has 0 N–H and O–H groups in total. The van der Waals surface area contributed by atoms with Gasteiger partial charge in [-0.25, -0.2) is 0 Å². The van der Waals surface area contributed by atoms with Gasteiger partial charge in [0.2, 0.25) is 5.16 Å². The Morgan fingerprint density at radius 1 is 1.00 bits per heavy atom. The Bertz CT molecular complexity index is 933. The Labute approximate surface area is 151 Å². The molecule has 0 unspecified atom stereocenters. The maximum Gasteiger partial charge on any atom is 0.214 e. The minimum Gasteiger partial charge on any atom is -0.293 e. The zero-order valence-corrected chi connectivity index (χ0v) is 15.6. The minimum absolute atomic E-state index is 0.0812. The Hall–Kier alpha value is -2.47. The van der Waals surface area contributed by atoms with Gasteiger partial charge in [0.1, 0.15) is 0 Å². The predicted octanol–water partition coefficient (Wildman–Crippen LogP) is 3.87. The molecule has 0 aliphatic rings. The second-order valence-corrected chi connectivity index (χ2v) is 7.14. The number of thioether (sulfide) groups is 1. The number of carbonyl (C=O) groups is 1. The largest absolute Gasteiger partial charge is 0.293 e. The van der Waals surface area contributed by atoms with Crippen molar-refractivity contribution in [2.45, 2.75) is 32.9 Å². The lowest BCUT2D eigenvalue weighted by molar-refractivity contribution is 0.102. The third-order valence-electron chi connectivity index (χ3n) is 4.04. The van der Waals surface area contributed by atoms with Gasteiger partial charge in [0.25, 0.3) is 0 Å². The van der Waals surface area contributed by atoms with Crippen molar-refractivity contribution in [1.82, 2.24) is 20.2 Å².